The van der Waals surface area contributed by atoms with E-state index in [-0.39, 0.29) is 6.03 Å². The van der Waals surface area contributed by atoms with Crippen LogP contribution in [0, 0.1) is 0 Å². The molecule has 90 valence electrons. The zero-order chi connectivity index (χ0) is 11.8. The molecule has 2 aliphatic rings. The zero-order valence-corrected chi connectivity index (χ0v) is 10.1. The van der Waals surface area contributed by atoms with Crippen LogP contribution >= 0.6 is 11.8 Å². The van der Waals surface area contributed by atoms with Crippen LogP contribution in [0.2, 0.25) is 0 Å². The predicted molar refractivity (Wildman–Crippen MR) is 61.7 cm³/mol. The van der Waals surface area contributed by atoms with Gasteiger partial charge in [0.15, 0.2) is 0 Å². The van der Waals surface area contributed by atoms with Crippen molar-refractivity contribution in [2.75, 3.05) is 31.6 Å². The van der Waals surface area contributed by atoms with E-state index in [0.29, 0.717) is 25.9 Å². The molecule has 2 amide bonds. The average molecular weight is 244 g/mol. The van der Waals surface area contributed by atoms with E-state index in [9.17, 15) is 14.7 Å². The molecule has 0 bridgehead atoms. The van der Waals surface area contributed by atoms with Crippen LogP contribution in [0.1, 0.15) is 12.8 Å². The first-order chi connectivity index (χ1) is 7.58. The van der Waals surface area contributed by atoms with Crippen molar-refractivity contribution >= 4 is 23.8 Å². The number of carboxylic acids is 1. The van der Waals surface area contributed by atoms with Crippen molar-refractivity contribution < 1.29 is 14.7 Å². The van der Waals surface area contributed by atoms with Crippen LogP contribution < -0.4 is 0 Å². The Morgan fingerprint density at radius 1 is 1.38 bits per heavy atom. The highest BCUT2D eigenvalue weighted by Crippen LogP contribution is 2.34. The number of rotatable bonds is 2. The first kappa shape index (κ1) is 11.6. The van der Waals surface area contributed by atoms with Crippen LogP contribution in [0.25, 0.3) is 0 Å². The number of amides is 2. The van der Waals surface area contributed by atoms with Gasteiger partial charge in [-0.15, -0.1) is 0 Å². The molecule has 0 unspecified atom stereocenters. The SMILES string of the molecule is CN1CCN(C2(C(=O)O)CCSCC2)C1=O. The van der Waals surface area contributed by atoms with Crippen LogP contribution in [0.15, 0.2) is 0 Å². The summed E-state index contributed by atoms with van der Waals surface area (Å²) < 4.78 is 0. The molecule has 2 rings (SSSR count). The summed E-state index contributed by atoms with van der Waals surface area (Å²) in [6, 6.07) is -0.144. The normalized spacial score (nSPS) is 24.9. The molecule has 0 aliphatic carbocycles. The third-order valence-corrected chi connectivity index (χ3v) is 4.44. The largest absolute Gasteiger partial charge is 0.479 e. The van der Waals surface area contributed by atoms with E-state index in [0.717, 1.165) is 11.5 Å². The number of aliphatic carboxylic acids is 1. The Hall–Kier alpha value is -0.910. The summed E-state index contributed by atoms with van der Waals surface area (Å²) in [4.78, 5) is 26.5. The maximum atomic E-state index is 11.9. The molecule has 0 radical (unpaired) electrons. The zero-order valence-electron chi connectivity index (χ0n) is 9.31. The molecule has 2 fully saturated rings. The van der Waals surface area contributed by atoms with Crippen LogP contribution in [0.4, 0.5) is 4.79 Å². The summed E-state index contributed by atoms with van der Waals surface area (Å²) in [5, 5.41) is 9.43. The lowest BCUT2D eigenvalue weighted by Gasteiger charge is -2.40. The third-order valence-electron chi connectivity index (χ3n) is 3.45. The van der Waals surface area contributed by atoms with Crippen LogP contribution in [-0.4, -0.2) is 64.1 Å². The third kappa shape index (κ3) is 1.65. The summed E-state index contributed by atoms with van der Waals surface area (Å²) in [6.45, 7) is 1.16. The summed E-state index contributed by atoms with van der Waals surface area (Å²) >= 11 is 1.76. The maximum absolute atomic E-state index is 11.9. The minimum atomic E-state index is -0.951. The molecule has 2 saturated heterocycles. The number of hydrogen-bond donors (Lipinski definition) is 1. The Labute approximate surface area is 98.8 Å². The number of hydrogen-bond acceptors (Lipinski definition) is 3. The van der Waals surface area contributed by atoms with E-state index in [1.807, 2.05) is 0 Å². The Bertz CT molecular complexity index is 315. The van der Waals surface area contributed by atoms with Gasteiger partial charge >= 0.3 is 12.0 Å². The first-order valence-electron chi connectivity index (χ1n) is 5.42. The molecule has 1 N–H and O–H groups in total. The van der Waals surface area contributed by atoms with Crippen LogP contribution in [0.3, 0.4) is 0 Å². The summed E-state index contributed by atoms with van der Waals surface area (Å²) in [5.41, 5.74) is -0.951. The second-order valence-electron chi connectivity index (χ2n) is 4.30. The van der Waals surface area contributed by atoms with Crippen LogP contribution in [-0.2, 0) is 4.79 Å². The summed E-state index contributed by atoms with van der Waals surface area (Å²) in [7, 11) is 1.72. The van der Waals surface area contributed by atoms with Gasteiger partial charge in [-0.25, -0.2) is 9.59 Å². The molecule has 0 aromatic heterocycles. The van der Waals surface area contributed by atoms with Crippen molar-refractivity contribution in [3.05, 3.63) is 0 Å². The predicted octanol–water partition coefficient (Wildman–Crippen LogP) is 0.704. The van der Waals surface area contributed by atoms with Gasteiger partial charge < -0.3 is 14.9 Å². The van der Waals surface area contributed by atoms with E-state index < -0.39 is 11.5 Å². The molecule has 2 aliphatic heterocycles. The molecule has 2 heterocycles. The van der Waals surface area contributed by atoms with Gasteiger partial charge in [0, 0.05) is 20.1 Å². The van der Waals surface area contributed by atoms with Gasteiger partial charge in [0.25, 0.3) is 0 Å². The fourth-order valence-corrected chi connectivity index (χ4v) is 3.52. The van der Waals surface area contributed by atoms with Gasteiger partial charge in [-0.05, 0) is 24.3 Å². The van der Waals surface area contributed by atoms with Gasteiger partial charge in [-0.1, -0.05) is 0 Å². The van der Waals surface area contributed by atoms with Gasteiger partial charge in [0.05, 0.1) is 0 Å². The Morgan fingerprint density at radius 3 is 2.44 bits per heavy atom. The maximum Gasteiger partial charge on any atom is 0.329 e. The van der Waals surface area contributed by atoms with E-state index in [2.05, 4.69) is 0 Å². The van der Waals surface area contributed by atoms with E-state index >= 15 is 0 Å². The number of likely N-dealkylation sites (N-methyl/N-ethyl adjacent to an activating group) is 1. The summed E-state index contributed by atoms with van der Waals surface area (Å²) in [5.74, 6) is 0.788. The average Bonchev–Trinajstić information content (AvgIpc) is 2.61. The number of carbonyl (C=O) groups is 2. The fraction of sp³-hybridized carbons (Fsp3) is 0.800. The number of nitrogens with zero attached hydrogens (tertiary/aromatic N) is 2. The van der Waals surface area contributed by atoms with Gasteiger partial charge in [-0.2, -0.15) is 11.8 Å². The van der Waals surface area contributed by atoms with Crippen molar-refractivity contribution in [1.82, 2.24) is 9.80 Å². The number of carbonyl (C=O) groups excluding carboxylic acids is 1. The Morgan fingerprint density at radius 2 is 2.00 bits per heavy atom. The quantitative estimate of drug-likeness (QED) is 0.777. The fourth-order valence-electron chi connectivity index (χ4n) is 2.35. The standard InChI is InChI=1S/C10H16N2O3S/c1-11-4-5-12(9(11)15)10(8(13)14)2-6-16-7-3-10/h2-7H2,1H3,(H,13,14). The highest BCUT2D eigenvalue weighted by Gasteiger charge is 2.50. The summed E-state index contributed by atoms with van der Waals surface area (Å²) in [6.07, 6.45) is 1.12. The molecule has 0 aromatic carbocycles. The van der Waals surface area contributed by atoms with Crippen molar-refractivity contribution in [2.24, 2.45) is 0 Å². The molecule has 0 aromatic rings. The Kier molecular flexibility index (Phi) is 3.01. The highest BCUT2D eigenvalue weighted by molar-refractivity contribution is 7.99. The lowest BCUT2D eigenvalue weighted by atomic mass is 9.90. The molecule has 5 nitrogen and oxygen atoms in total. The number of thioether (sulfide) groups is 1. The van der Waals surface area contributed by atoms with E-state index in [4.69, 9.17) is 0 Å². The number of carboxylic acid groups (broad SMARTS) is 1. The van der Waals surface area contributed by atoms with E-state index in [1.165, 1.54) is 0 Å². The van der Waals surface area contributed by atoms with Gasteiger partial charge in [0.2, 0.25) is 0 Å². The topological polar surface area (TPSA) is 60.9 Å². The highest BCUT2D eigenvalue weighted by atomic mass is 32.2. The van der Waals surface area contributed by atoms with Crippen molar-refractivity contribution in [3.8, 4) is 0 Å². The first-order valence-corrected chi connectivity index (χ1v) is 6.57. The molecule has 0 spiro atoms. The molecular formula is C10H16N2O3S. The van der Waals surface area contributed by atoms with Gasteiger partial charge in [-0.3, -0.25) is 0 Å². The second-order valence-corrected chi connectivity index (χ2v) is 5.53. The van der Waals surface area contributed by atoms with Gasteiger partial charge in [0.1, 0.15) is 5.54 Å². The molecular weight excluding hydrogens is 228 g/mol. The lowest BCUT2D eigenvalue weighted by molar-refractivity contribution is -0.149. The van der Waals surface area contributed by atoms with Crippen molar-refractivity contribution in [1.29, 1.82) is 0 Å². The van der Waals surface area contributed by atoms with E-state index in [1.54, 1.807) is 28.6 Å². The molecule has 6 heteroatoms. The molecule has 0 saturated carbocycles. The Balaban J connectivity index is 2.25. The molecule has 16 heavy (non-hydrogen) atoms. The minimum Gasteiger partial charge on any atom is -0.479 e. The monoisotopic (exact) mass is 244 g/mol. The smallest absolute Gasteiger partial charge is 0.329 e. The van der Waals surface area contributed by atoms with Crippen molar-refractivity contribution in [3.63, 3.8) is 0 Å². The minimum absolute atomic E-state index is 0.144. The van der Waals surface area contributed by atoms with Crippen LogP contribution in [0.5, 0.6) is 0 Å². The second kappa shape index (κ2) is 4.16. The molecule has 0 atom stereocenters. The van der Waals surface area contributed by atoms with Crippen molar-refractivity contribution in [2.45, 2.75) is 18.4 Å². The lowest BCUT2D eigenvalue weighted by Crippen LogP contribution is -2.57. The number of urea groups is 1.